The minimum Gasteiger partial charge on any atom is -0.322 e. The van der Waals surface area contributed by atoms with Crippen LogP contribution in [0.25, 0.3) is 16.9 Å². The Morgan fingerprint density at radius 2 is 1.72 bits per heavy atom. The van der Waals surface area contributed by atoms with Gasteiger partial charge in [0.05, 0.1) is 5.69 Å². The highest BCUT2D eigenvalue weighted by molar-refractivity contribution is 6.04. The van der Waals surface area contributed by atoms with E-state index in [2.05, 4.69) is 41.4 Å². The number of rotatable bonds is 3. The van der Waals surface area contributed by atoms with Gasteiger partial charge in [-0.25, -0.2) is 0 Å². The first-order valence-corrected chi connectivity index (χ1v) is 9.53. The molecule has 0 radical (unpaired) electrons. The third-order valence-electron chi connectivity index (χ3n) is 4.85. The van der Waals surface area contributed by atoms with Crippen LogP contribution in [0, 0.1) is 6.92 Å². The number of benzene rings is 2. The number of carbonyl (C=O) groups is 1. The summed E-state index contributed by atoms with van der Waals surface area (Å²) in [5.74, 6) is 0.589. The van der Waals surface area contributed by atoms with Crippen molar-refractivity contribution in [2.24, 2.45) is 0 Å². The van der Waals surface area contributed by atoms with Gasteiger partial charge in [0.1, 0.15) is 0 Å². The third kappa shape index (κ3) is 3.87. The number of hydrogen-bond donors (Lipinski definition) is 1. The fourth-order valence-corrected chi connectivity index (χ4v) is 3.13. The van der Waals surface area contributed by atoms with E-state index in [1.165, 1.54) is 5.56 Å². The first kappa shape index (κ1) is 18.8. The summed E-state index contributed by atoms with van der Waals surface area (Å²) in [6, 6.07) is 19.2. The minimum absolute atomic E-state index is 0.0561. The molecule has 1 amide bonds. The molecule has 2 aromatic carbocycles. The molecule has 0 aliphatic heterocycles. The summed E-state index contributed by atoms with van der Waals surface area (Å²) >= 11 is 0. The number of aryl methyl sites for hydroxylation is 1. The molecule has 1 N–H and O–H groups in total. The maximum atomic E-state index is 12.7. The van der Waals surface area contributed by atoms with Crippen LogP contribution in [-0.4, -0.2) is 25.7 Å². The largest absolute Gasteiger partial charge is 0.322 e. The van der Waals surface area contributed by atoms with E-state index >= 15 is 0 Å². The summed E-state index contributed by atoms with van der Waals surface area (Å²) in [4.78, 5) is 12.7. The Bertz CT molecular complexity index is 1190. The van der Waals surface area contributed by atoms with Crippen molar-refractivity contribution in [2.75, 3.05) is 5.32 Å². The van der Waals surface area contributed by atoms with Crippen LogP contribution in [0.1, 0.15) is 42.5 Å². The number of fused-ring (bicyclic) bond motifs is 1. The van der Waals surface area contributed by atoms with Crippen molar-refractivity contribution in [2.45, 2.75) is 33.1 Å². The molecule has 29 heavy (non-hydrogen) atoms. The molecule has 0 spiro atoms. The molecule has 2 aromatic heterocycles. The molecule has 0 aliphatic carbocycles. The summed E-state index contributed by atoms with van der Waals surface area (Å²) in [6.45, 7) is 8.32. The molecule has 0 saturated carbocycles. The van der Waals surface area contributed by atoms with E-state index in [1.807, 2.05) is 67.6 Å². The van der Waals surface area contributed by atoms with E-state index in [0.29, 0.717) is 11.2 Å². The van der Waals surface area contributed by atoms with Gasteiger partial charge in [-0.3, -0.25) is 4.79 Å². The number of aromatic nitrogens is 4. The Hall–Kier alpha value is -3.54. The van der Waals surface area contributed by atoms with Crippen LogP contribution in [0.15, 0.2) is 60.7 Å². The Labute approximate surface area is 169 Å². The van der Waals surface area contributed by atoms with E-state index in [0.717, 1.165) is 22.8 Å². The molecule has 2 heterocycles. The van der Waals surface area contributed by atoms with Gasteiger partial charge in [-0.1, -0.05) is 45.0 Å². The maximum absolute atomic E-state index is 12.7. The van der Waals surface area contributed by atoms with Crippen molar-refractivity contribution in [3.8, 4) is 11.3 Å². The summed E-state index contributed by atoms with van der Waals surface area (Å²) < 4.78 is 1.71. The monoisotopic (exact) mass is 385 g/mol. The lowest BCUT2D eigenvalue weighted by atomic mass is 9.87. The van der Waals surface area contributed by atoms with Crippen molar-refractivity contribution in [3.63, 3.8) is 0 Å². The Morgan fingerprint density at radius 3 is 2.45 bits per heavy atom. The Balaban J connectivity index is 1.56. The van der Waals surface area contributed by atoms with Crippen molar-refractivity contribution >= 4 is 17.2 Å². The van der Waals surface area contributed by atoms with E-state index in [-0.39, 0.29) is 11.3 Å². The maximum Gasteiger partial charge on any atom is 0.255 e. The molecule has 0 bridgehead atoms. The number of hydrogen-bond acceptors (Lipinski definition) is 4. The lowest BCUT2D eigenvalue weighted by Gasteiger charge is -2.19. The average Bonchev–Trinajstić information content (AvgIpc) is 3.08. The molecule has 6 nitrogen and oxygen atoms in total. The second-order valence-corrected chi connectivity index (χ2v) is 8.10. The van der Waals surface area contributed by atoms with Crippen LogP contribution in [-0.2, 0) is 5.41 Å². The standard InChI is InChI=1S/C23H23N5O/c1-15-25-26-21-13-12-20(27-28(15)21)17-6-5-7-19(14-17)24-22(29)16-8-10-18(11-9-16)23(2,3)4/h5-14H,1-4H3,(H,24,29). The van der Waals surface area contributed by atoms with E-state index < -0.39 is 0 Å². The van der Waals surface area contributed by atoms with Gasteiger partial charge in [0, 0.05) is 16.8 Å². The Kier molecular flexibility index (Phi) is 4.62. The molecule has 4 rings (SSSR count). The average molecular weight is 385 g/mol. The van der Waals surface area contributed by atoms with E-state index in [1.54, 1.807) is 4.52 Å². The molecule has 0 atom stereocenters. The summed E-state index contributed by atoms with van der Waals surface area (Å²) in [6.07, 6.45) is 0. The second-order valence-electron chi connectivity index (χ2n) is 8.10. The lowest BCUT2D eigenvalue weighted by molar-refractivity contribution is 0.102. The minimum atomic E-state index is -0.138. The van der Waals surface area contributed by atoms with Crippen molar-refractivity contribution < 1.29 is 4.79 Å². The molecule has 4 aromatic rings. The van der Waals surface area contributed by atoms with Crippen LogP contribution in [0.4, 0.5) is 5.69 Å². The van der Waals surface area contributed by atoms with Gasteiger partial charge in [-0.05, 0) is 54.3 Å². The zero-order chi connectivity index (χ0) is 20.6. The van der Waals surface area contributed by atoms with Crippen molar-refractivity contribution in [3.05, 3.63) is 77.6 Å². The topological polar surface area (TPSA) is 72.2 Å². The molecule has 0 aliphatic rings. The van der Waals surface area contributed by atoms with Gasteiger partial charge in [0.15, 0.2) is 11.5 Å². The molecular formula is C23H23N5O. The Morgan fingerprint density at radius 1 is 0.966 bits per heavy atom. The summed E-state index contributed by atoms with van der Waals surface area (Å²) in [5, 5.41) is 15.7. The van der Waals surface area contributed by atoms with Gasteiger partial charge < -0.3 is 5.32 Å². The highest BCUT2D eigenvalue weighted by Crippen LogP contribution is 2.24. The predicted octanol–water partition coefficient (Wildman–Crippen LogP) is 4.65. The first-order chi connectivity index (χ1) is 13.8. The van der Waals surface area contributed by atoms with E-state index in [4.69, 9.17) is 0 Å². The first-order valence-electron chi connectivity index (χ1n) is 9.53. The van der Waals surface area contributed by atoms with Crippen LogP contribution < -0.4 is 5.32 Å². The zero-order valence-electron chi connectivity index (χ0n) is 17.0. The normalized spacial score (nSPS) is 11.6. The van der Waals surface area contributed by atoms with Crippen LogP contribution >= 0.6 is 0 Å². The highest BCUT2D eigenvalue weighted by Gasteiger charge is 2.14. The molecule has 6 heteroatoms. The molecule has 0 fully saturated rings. The number of nitrogens with zero attached hydrogens (tertiary/aromatic N) is 4. The smallest absolute Gasteiger partial charge is 0.255 e. The van der Waals surface area contributed by atoms with Crippen molar-refractivity contribution in [1.29, 1.82) is 0 Å². The van der Waals surface area contributed by atoms with Gasteiger partial charge >= 0.3 is 0 Å². The number of amides is 1. The van der Waals surface area contributed by atoms with Crippen LogP contribution in [0.2, 0.25) is 0 Å². The van der Waals surface area contributed by atoms with E-state index in [9.17, 15) is 4.79 Å². The van der Waals surface area contributed by atoms with Gasteiger partial charge in [0.25, 0.3) is 5.91 Å². The van der Waals surface area contributed by atoms with Crippen LogP contribution in [0.3, 0.4) is 0 Å². The highest BCUT2D eigenvalue weighted by atomic mass is 16.1. The number of nitrogens with one attached hydrogen (secondary N) is 1. The van der Waals surface area contributed by atoms with Crippen molar-refractivity contribution in [1.82, 2.24) is 19.8 Å². The summed E-state index contributed by atoms with van der Waals surface area (Å²) in [5.41, 5.74) is 4.99. The van der Waals surface area contributed by atoms with Gasteiger partial charge in [-0.15, -0.1) is 10.2 Å². The second kappa shape index (κ2) is 7.13. The molecular weight excluding hydrogens is 362 g/mol. The lowest BCUT2D eigenvalue weighted by Crippen LogP contribution is -2.14. The van der Waals surface area contributed by atoms with Crippen LogP contribution in [0.5, 0.6) is 0 Å². The molecule has 146 valence electrons. The zero-order valence-corrected chi connectivity index (χ0v) is 17.0. The van der Waals surface area contributed by atoms with Gasteiger partial charge in [0.2, 0.25) is 0 Å². The molecule has 0 saturated heterocycles. The number of anilines is 1. The predicted molar refractivity (Wildman–Crippen MR) is 114 cm³/mol. The fourth-order valence-electron chi connectivity index (χ4n) is 3.13. The number of carbonyl (C=O) groups excluding carboxylic acids is 1. The SMILES string of the molecule is Cc1nnc2ccc(-c3cccc(NC(=O)c4ccc(C(C)(C)C)cc4)c3)nn12. The molecule has 0 unspecified atom stereocenters. The third-order valence-corrected chi connectivity index (χ3v) is 4.85. The van der Waals surface area contributed by atoms with Gasteiger partial charge in [-0.2, -0.15) is 9.61 Å². The summed E-state index contributed by atoms with van der Waals surface area (Å²) in [7, 11) is 0. The quantitative estimate of drug-likeness (QED) is 0.557. The fraction of sp³-hybridized carbons (Fsp3) is 0.217.